The van der Waals surface area contributed by atoms with Gasteiger partial charge in [-0.3, -0.25) is 34.2 Å². The van der Waals surface area contributed by atoms with E-state index in [1.807, 2.05) is 0 Å². The van der Waals surface area contributed by atoms with E-state index in [0.29, 0.717) is 58.3 Å². The number of nitrogens with zero attached hydrogens (tertiary/aromatic N) is 1. The van der Waals surface area contributed by atoms with Crippen molar-refractivity contribution in [1.82, 2.24) is 10.2 Å². The Morgan fingerprint density at radius 2 is 1.33 bits per heavy atom. The molecule has 0 radical (unpaired) electrons. The van der Waals surface area contributed by atoms with Gasteiger partial charge < -0.3 is 24.3 Å². The van der Waals surface area contributed by atoms with Gasteiger partial charge in [-0.2, -0.15) is 0 Å². The summed E-state index contributed by atoms with van der Waals surface area (Å²) in [6.07, 6.45) is 17.2. The lowest BCUT2D eigenvalue weighted by Gasteiger charge is -2.27. The van der Waals surface area contributed by atoms with Crippen LogP contribution in [-0.4, -0.2) is 93.3 Å². The normalized spacial score (nSPS) is 15.9. The molecule has 12 heteroatoms. The van der Waals surface area contributed by atoms with Crippen molar-refractivity contribution in [1.29, 1.82) is 0 Å². The lowest BCUT2D eigenvalue weighted by molar-refractivity contribution is -0.145. The molecule has 12 nitrogen and oxygen atoms in total. The highest BCUT2D eigenvalue weighted by Crippen LogP contribution is 2.32. The number of piperidine rings is 1. The average molecular weight is 688 g/mol. The fourth-order valence-electron chi connectivity index (χ4n) is 6.04. The molecule has 1 aromatic rings. The number of anilines is 1. The van der Waals surface area contributed by atoms with Crippen LogP contribution < -0.4 is 10.6 Å². The molecule has 2 aliphatic rings. The monoisotopic (exact) mass is 687 g/mol. The number of nitrogens with one attached hydrogen (secondary N) is 2. The van der Waals surface area contributed by atoms with Gasteiger partial charge in [-0.1, -0.05) is 90.0 Å². The van der Waals surface area contributed by atoms with Gasteiger partial charge in [0.15, 0.2) is 0 Å². The van der Waals surface area contributed by atoms with Gasteiger partial charge in [0.25, 0.3) is 11.8 Å². The number of rotatable bonds is 28. The molecule has 2 aliphatic heterocycles. The second-order valence-electron chi connectivity index (χ2n) is 12.7. The van der Waals surface area contributed by atoms with Crippen LogP contribution in [-0.2, 0) is 33.3 Å². The number of benzene rings is 1. The van der Waals surface area contributed by atoms with Gasteiger partial charge in [0.2, 0.25) is 11.8 Å². The number of carbonyl (C=O) groups excluding carboxylic acids is 5. The molecule has 2 N–H and O–H groups in total. The molecule has 1 aromatic carbocycles. The molecule has 0 spiro atoms. The second kappa shape index (κ2) is 23.9. The summed E-state index contributed by atoms with van der Waals surface area (Å²) >= 11 is 0. The molecule has 1 saturated heterocycles. The lowest BCUT2D eigenvalue weighted by Crippen LogP contribution is -2.54. The summed E-state index contributed by atoms with van der Waals surface area (Å²) in [5, 5.41) is 5.33. The van der Waals surface area contributed by atoms with Gasteiger partial charge in [0.1, 0.15) is 12.6 Å². The van der Waals surface area contributed by atoms with Gasteiger partial charge in [-0.25, -0.2) is 0 Å². The van der Waals surface area contributed by atoms with E-state index in [0.717, 1.165) is 17.7 Å². The van der Waals surface area contributed by atoms with E-state index < -0.39 is 29.7 Å². The first-order valence-corrected chi connectivity index (χ1v) is 18.4. The zero-order chi connectivity index (χ0) is 35.1. The molecule has 49 heavy (non-hydrogen) atoms. The Bertz CT molecular complexity index is 1190. The highest BCUT2D eigenvalue weighted by Gasteiger charge is 2.45. The zero-order valence-corrected chi connectivity index (χ0v) is 29.4. The Labute approximate surface area is 291 Å². The maximum absolute atomic E-state index is 13.1. The van der Waals surface area contributed by atoms with Crippen LogP contribution >= 0.6 is 0 Å². The van der Waals surface area contributed by atoms with Crippen molar-refractivity contribution in [3.8, 4) is 0 Å². The Kier molecular flexibility index (Phi) is 19.6. The molecule has 274 valence electrons. The smallest absolute Gasteiger partial charge is 0.305 e. The first-order valence-electron chi connectivity index (χ1n) is 18.4. The largest absolute Gasteiger partial charge is 0.463 e. The van der Waals surface area contributed by atoms with Crippen molar-refractivity contribution in [2.75, 3.05) is 58.1 Å². The number of hydrogen-bond acceptors (Lipinski definition) is 10. The Balaban J connectivity index is 1.10. The van der Waals surface area contributed by atoms with Crippen molar-refractivity contribution in [2.24, 2.45) is 0 Å². The molecule has 0 aliphatic carbocycles. The number of unbranched alkanes of at least 4 members (excludes halogenated alkanes) is 12. The maximum atomic E-state index is 13.1. The summed E-state index contributed by atoms with van der Waals surface area (Å²) in [6, 6.07) is 3.91. The highest BCUT2D eigenvalue weighted by atomic mass is 16.6. The van der Waals surface area contributed by atoms with Crippen LogP contribution in [0.2, 0.25) is 0 Å². The molecule has 1 fully saturated rings. The first kappa shape index (κ1) is 40.1. The summed E-state index contributed by atoms with van der Waals surface area (Å²) in [5.74, 6) is -2.32. The Morgan fingerprint density at radius 3 is 1.94 bits per heavy atom. The number of imide groups is 2. The molecule has 0 aromatic heterocycles. The van der Waals surface area contributed by atoms with E-state index in [1.54, 1.807) is 18.2 Å². The SMILES string of the molecule is CCCCCCCCCCCCCCCC(=O)OCCOCCOCCOCCNc1cccc2c1C(=O)N(C1CCC(=O)NC1=O)C2=O. The topological polar surface area (TPSA) is 150 Å². The van der Waals surface area contributed by atoms with Crippen molar-refractivity contribution >= 4 is 35.3 Å². The van der Waals surface area contributed by atoms with Crippen LogP contribution in [0, 0.1) is 0 Å². The molecule has 1 unspecified atom stereocenters. The van der Waals surface area contributed by atoms with E-state index in [4.69, 9.17) is 18.9 Å². The third kappa shape index (κ3) is 14.6. The van der Waals surface area contributed by atoms with Gasteiger partial charge in [0, 0.05) is 25.1 Å². The quantitative estimate of drug-likeness (QED) is 0.0650. The molecular formula is C37H57N3O9. The zero-order valence-electron chi connectivity index (χ0n) is 29.4. The average Bonchev–Trinajstić information content (AvgIpc) is 3.34. The molecule has 0 saturated carbocycles. The minimum atomic E-state index is -1.01. The molecule has 1 atom stereocenters. The molecule has 3 rings (SSSR count). The number of amides is 4. The summed E-state index contributed by atoms with van der Waals surface area (Å²) in [4.78, 5) is 62.7. The summed E-state index contributed by atoms with van der Waals surface area (Å²) < 4.78 is 21.8. The van der Waals surface area contributed by atoms with Crippen LogP contribution in [0.15, 0.2) is 18.2 Å². The fourth-order valence-corrected chi connectivity index (χ4v) is 6.04. The predicted molar refractivity (Wildman–Crippen MR) is 185 cm³/mol. The Hall–Kier alpha value is -3.35. The van der Waals surface area contributed by atoms with E-state index >= 15 is 0 Å². The van der Waals surface area contributed by atoms with Gasteiger partial charge in [0.05, 0.1) is 50.8 Å². The van der Waals surface area contributed by atoms with Gasteiger partial charge >= 0.3 is 5.97 Å². The van der Waals surface area contributed by atoms with Crippen molar-refractivity contribution in [3.63, 3.8) is 0 Å². The van der Waals surface area contributed by atoms with Gasteiger partial charge in [-0.05, 0) is 25.0 Å². The van der Waals surface area contributed by atoms with Gasteiger partial charge in [-0.15, -0.1) is 0 Å². The molecule has 0 bridgehead atoms. The highest BCUT2D eigenvalue weighted by molar-refractivity contribution is 6.25. The minimum absolute atomic E-state index is 0.0692. The van der Waals surface area contributed by atoms with Crippen LogP contribution in [0.1, 0.15) is 130 Å². The summed E-state index contributed by atoms with van der Waals surface area (Å²) in [5.41, 5.74) is 0.914. The minimum Gasteiger partial charge on any atom is -0.463 e. The number of carbonyl (C=O) groups is 5. The standard InChI is InChI=1S/C37H57N3O9/c1-2-3-4-5-6-7-8-9-10-11-12-13-14-18-33(42)49-28-27-48-26-25-47-24-23-46-22-21-38-30-17-15-16-29-34(30)37(45)40(36(29)44)31-19-20-32(41)39-35(31)43/h15-17,31,38H,2-14,18-28H2,1H3,(H,39,41,43). The number of ether oxygens (including phenoxy) is 4. The van der Waals surface area contributed by atoms with E-state index in [9.17, 15) is 24.0 Å². The summed E-state index contributed by atoms with van der Waals surface area (Å²) in [6.45, 7) is 5.09. The Morgan fingerprint density at radius 1 is 0.755 bits per heavy atom. The van der Waals surface area contributed by atoms with E-state index in [2.05, 4.69) is 17.6 Å². The third-order valence-electron chi connectivity index (χ3n) is 8.75. The van der Waals surface area contributed by atoms with Crippen LogP contribution in [0.4, 0.5) is 5.69 Å². The molecular weight excluding hydrogens is 630 g/mol. The summed E-state index contributed by atoms with van der Waals surface area (Å²) in [7, 11) is 0. The third-order valence-corrected chi connectivity index (χ3v) is 8.75. The molecule has 2 heterocycles. The van der Waals surface area contributed by atoms with E-state index in [-0.39, 0.29) is 36.5 Å². The van der Waals surface area contributed by atoms with Crippen LogP contribution in [0.5, 0.6) is 0 Å². The van der Waals surface area contributed by atoms with Crippen molar-refractivity contribution < 1.29 is 42.9 Å². The van der Waals surface area contributed by atoms with E-state index in [1.165, 1.54) is 70.6 Å². The number of esters is 1. The maximum Gasteiger partial charge on any atom is 0.305 e. The number of hydrogen-bond donors (Lipinski definition) is 2. The fraction of sp³-hybridized carbons (Fsp3) is 0.703. The molecule has 4 amide bonds. The predicted octanol–water partition coefficient (Wildman–Crippen LogP) is 5.57. The van der Waals surface area contributed by atoms with Crippen LogP contribution in [0.25, 0.3) is 0 Å². The second-order valence-corrected chi connectivity index (χ2v) is 12.7. The van der Waals surface area contributed by atoms with Crippen LogP contribution in [0.3, 0.4) is 0 Å². The van der Waals surface area contributed by atoms with Crippen molar-refractivity contribution in [3.05, 3.63) is 29.3 Å². The number of fused-ring (bicyclic) bond motifs is 1. The van der Waals surface area contributed by atoms with Crippen molar-refractivity contribution in [2.45, 2.75) is 116 Å². The first-order chi connectivity index (χ1) is 23.9. The lowest BCUT2D eigenvalue weighted by atomic mass is 10.0.